The lowest BCUT2D eigenvalue weighted by atomic mass is 9.93. The van der Waals surface area contributed by atoms with Crippen LogP contribution in [-0.4, -0.2) is 28.3 Å². The van der Waals surface area contributed by atoms with Crippen molar-refractivity contribution in [3.05, 3.63) is 41.7 Å². The second kappa shape index (κ2) is 6.20. The lowest BCUT2D eigenvalue weighted by Gasteiger charge is -2.13. The number of nitrogens with one attached hydrogen (secondary N) is 1. The third-order valence-electron chi connectivity index (χ3n) is 3.66. The van der Waals surface area contributed by atoms with Gasteiger partial charge in [-0.2, -0.15) is 0 Å². The molecule has 0 fully saturated rings. The summed E-state index contributed by atoms with van der Waals surface area (Å²) in [7, 11) is 1.68. The van der Waals surface area contributed by atoms with E-state index in [2.05, 4.69) is 48.3 Å². The second-order valence-electron chi connectivity index (χ2n) is 6.54. The predicted octanol–water partition coefficient (Wildman–Crippen LogP) is 3.75. The topological polar surface area (TPSA) is 51.5 Å². The average molecular weight is 330 g/mol. The molecule has 0 unspecified atom stereocenters. The highest BCUT2D eigenvalue weighted by atomic mass is 32.1. The van der Waals surface area contributed by atoms with Crippen LogP contribution in [0.5, 0.6) is 5.75 Å². The molecule has 0 aliphatic heterocycles. The smallest absolute Gasteiger partial charge is 0.214 e. The molecule has 3 aromatic rings. The Bertz CT molecular complexity index is 752. The average Bonchev–Trinajstić information content (AvgIpc) is 3.06. The van der Waals surface area contributed by atoms with Crippen molar-refractivity contribution >= 4 is 21.4 Å². The van der Waals surface area contributed by atoms with E-state index in [1.165, 1.54) is 5.56 Å². The van der Waals surface area contributed by atoms with Crippen molar-refractivity contribution < 1.29 is 4.74 Å². The lowest BCUT2D eigenvalue weighted by molar-refractivity contribution is 0.414. The van der Waals surface area contributed by atoms with E-state index in [-0.39, 0.29) is 5.41 Å². The first-order valence-corrected chi connectivity index (χ1v) is 8.51. The van der Waals surface area contributed by atoms with Gasteiger partial charge in [0.1, 0.15) is 5.75 Å². The zero-order chi connectivity index (χ0) is 16.4. The van der Waals surface area contributed by atoms with E-state index in [9.17, 15) is 0 Å². The first-order chi connectivity index (χ1) is 11.0. The highest BCUT2D eigenvalue weighted by Crippen LogP contribution is 2.25. The number of rotatable bonds is 5. The van der Waals surface area contributed by atoms with Crippen molar-refractivity contribution in [1.29, 1.82) is 0 Å². The van der Waals surface area contributed by atoms with Crippen molar-refractivity contribution in [2.24, 2.45) is 0 Å². The van der Waals surface area contributed by atoms with Gasteiger partial charge in [-0.25, -0.2) is 9.50 Å². The number of benzene rings is 1. The molecule has 5 nitrogen and oxygen atoms in total. The van der Waals surface area contributed by atoms with Gasteiger partial charge in [0.05, 0.1) is 19.0 Å². The van der Waals surface area contributed by atoms with Gasteiger partial charge in [0, 0.05) is 12.0 Å². The van der Waals surface area contributed by atoms with Crippen molar-refractivity contribution in [3.8, 4) is 5.75 Å². The van der Waals surface area contributed by atoms with Crippen molar-refractivity contribution in [1.82, 2.24) is 14.6 Å². The van der Waals surface area contributed by atoms with Gasteiger partial charge >= 0.3 is 0 Å². The van der Waals surface area contributed by atoms with E-state index in [4.69, 9.17) is 4.74 Å². The number of aromatic nitrogens is 3. The molecule has 0 atom stereocenters. The summed E-state index contributed by atoms with van der Waals surface area (Å²) < 4.78 is 7.03. The van der Waals surface area contributed by atoms with Crippen LogP contribution in [0, 0.1) is 0 Å². The number of fused-ring (bicyclic) bond motifs is 1. The Morgan fingerprint density at radius 2 is 1.96 bits per heavy atom. The SMILES string of the molecule is COc1ccc(CCNc2nn3cc(C(C)(C)C)nc3s2)cc1. The lowest BCUT2D eigenvalue weighted by Crippen LogP contribution is -2.11. The number of nitrogens with zero attached hydrogens (tertiary/aromatic N) is 3. The van der Waals surface area contributed by atoms with Crippen LogP contribution in [0.25, 0.3) is 4.96 Å². The number of hydrogen-bond donors (Lipinski definition) is 1. The van der Waals surface area contributed by atoms with Gasteiger partial charge in [0.25, 0.3) is 0 Å². The van der Waals surface area contributed by atoms with E-state index in [1.54, 1.807) is 18.4 Å². The molecule has 23 heavy (non-hydrogen) atoms. The van der Waals surface area contributed by atoms with Crippen molar-refractivity contribution in [2.75, 3.05) is 19.0 Å². The van der Waals surface area contributed by atoms with E-state index in [0.717, 1.165) is 34.5 Å². The highest BCUT2D eigenvalue weighted by molar-refractivity contribution is 7.20. The third-order valence-corrected chi connectivity index (χ3v) is 4.54. The number of ether oxygens (including phenoxy) is 1. The van der Waals surface area contributed by atoms with Crippen LogP contribution in [-0.2, 0) is 11.8 Å². The van der Waals surface area contributed by atoms with E-state index < -0.39 is 0 Å². The molecular weight excluding hydrogens is 308 g/mol. The maximum Gasteiger partial charge on any atom is 0.214 e. The number of methoxy groups -OCH3 is 1. The highest BCUT2D eigenvalue weighted by Gasteiger charge is 2.19. The van der Waals surface area contributed by atoms with Gasteiger partial charge in [0.2, 0.25) is 10.1 Å². The van der Waals surface area contributed by atoms with Crippen LogP contribution in [0.1, 0.15) is 32.0 Å². The zero-order valence-corrected chi connectivity index (χ0v) is 14.8. The molecule has 0 saturated carbocycles. The molecule has 0 amide bonds. The van der Waals surface area contributed by atoms with Crippen LogP contribution in [0.2, 0.25) is 0 Å². The monoisotopic (exact) mass is 330 g/mol. The number of imidazole rings is 1. The first-order valence-electron chi connectivity index (χ1n) is 7.69. The maximum atomic E-state index is 5.17. The molecular formula is C17H22N4OS. The number of hydrogen-bond acceptors (Lipinski definition) is 5. The van der Waals surface area contributed by atoms with E-state index in [0.29, 0.717) is 0 Å². The van der Waals surface area contributed by atoms with Crippen molar-refractivity contribution in [3.63, 3.8) is 0 Å². The molecule has 2 aromatic heterocycles. The fourth-order valence-corrected chi connectivity index (χ4v) is 3.05. The Hall–Kier alpha value is -2.08. The largest absolute Gasteiger partial charge is 0.497 e. The molecule has 2 heterocycles. The van der Waals surface area contributed by atoms with E-state index >= 15 is 0 Å². The molecule has 1 aromatic carbocycles. The molecule has 1 N–H and O–H groups in total. The molecule has 0 aliphatic carbocycles. The molecule has 0 saturated heterocycles. The van der Waals surface area contributed by atoms with Crippen molar-refractivity contribution in [2.45, 2.75) is 32.6 Å². The Labute approximate surface area is 140 Å². The van der Waals surface area contributed by atoms with Gasteiger partial charge in [0.15, 0.2) is 0 Å². The summed E-state index contributed by atoms with van der Waals surface area (Å²) in [6.07, 6.45) is 2.96. The summed E-state index contributed by atoms with van der Waals surface area (Å²) >= 11 is 1.59. The molecule has 3 rings (SSSR count). The minimum absolute atomic E-state index is 0.0510. The Balaban J connectivity index is 1.59. The normalized spacial score (nSPS) is 11.8. The van der Waals surface area contributed by atoms with Crippen LogP contribution >= 0.6 is 11.3 Å². The summed E-state index contributed by atoms with van der Waals surface area (Å²) in [6.45, 7) is 7.32. The minimum atomic E-state index is 0.0510. The molecule has 6 heteroatoms. The number of anilines is 1. The third kappa shape index (κ3) is 3.64. The fourth-order valence-electron chi connectivity index (χ4n) is 2.24. The summed E-state index contributed by atoms with van der Waals surface area (Å²) in [5.74, 6) is 0.887. The van der Waals surface area contributed by atoms with Gasteiger partial charge in [-0.1, -0.05) is 44.2 Å². The van der Waals surface area contributed by atoms with Gasteiger partial charge in [-0.15, -0.1) is 5.10 Å². The van der Waals surface area contributed by atoms with Crippen LogP contribution < -0.4 is 10.1 Å². The standard InChI is InChI=1S/C17H22N4OS/c1-17(2,3)14-11-21-16(19-14)23-15(20-21)18-10-9-12-5-7-13(22-4)8-6-12/h5-8,11H,9-10H2,1-4H3,(H,18,20). The minimum Gasteiger partial charge on any atom is -0.497 e. The summed E-state index contributed by atoms with van der Waals surface area (Å²) in [4.78, 5) is 5.59. The Kier molecular flexibility index (Phi) is 4.26. The molecule has 0 spiro atoms. The van der Waals surface area contributed by atoms with Gasteiger partial charge in [-0.05, 0) is 24.1 Å². The first kappa shape index (κ1) is 15.8. The predicted molar refractivity (Wildman–Crippen MR) is 94.8 cm³/mol. The van der Waals surface area contributed by atoms with Gasteiger partial charge < -0.3 is 10.1 Å². The Morgan fingerprint density at radius 3 is 2.57 bits per heavy atom. The Morgan fingerprint density at radius 1 is 1.22 bits per heavy atom. The second-order valence-corrected chi connectivity index (χ2v) is 7.49. The maximum absolute atomic E-state index is 5.17. The van der Waals surface area contributed by atoms with E-state index in [1.807, 2.05) is 22.8 Å². The van der Waals surface area contributed by atoms with Crippen LogP contribution in [0.4, 0.5) is 5.13 Å². The summed E-state index contributed by atoms with van der Waals surface area (Å²) in [5, 5.41) is 8.82. The fraction of sp³-hybridized carbons (Fsp3) is 0.412. The summed E-state index contributed by atoms with van der Waals surface area (Å²) in [6, 6.07) is 8.15. The van der Waals surface area contributed by atoms with Crippen LogP contribution in [0.15, 0.2) is 30.5 Å². The quantitative estimate of drug-likeness (QED) is 0.774. The van der Waals surface area contributed by atoms with Gasteiger partial charge in [-0.3, -0.25) is 0 Å². The van der Waals surface area contributed by atoms with Crippen LogP contribution in [0.3, 0.4) is 0 Å². The summed E-state index contributed by atoms with van der Waals surface area (Å²) in [5.41, 5.74) is 2.39. The molecule has 0 bridgehead atoms. The molecule has 0 radical (unpaired) electrons. The zero-order valence-electron chi connectivity index (χ0n) is 14.0. The molecule has 122 valence electrons. The molecule has 0 aliphatic rings.